The maximum absolute atomic E-state index is 9.27. The Balaban J connectivity index is 3.26. The summed E-state index contributed by atoms with van der Waals surface area (Å²) in [6, 6.07) is 0. The Labute approximate surface area is 103 Å². The van der Waals surface area contributed by atoms with Crippen LogP contribution in [0.4, 0.5) is 0 Å². The zero-order valence-electron chi connectivity index (χ0n) is 11.5. The standard InChI is InChI=1S/C15H32O/c1-3-5-7-8-9-11-13-15(14-16)12-10-6-4-2/h15-16H,3-14H2,1-2H3. The van der Waals surface area contributed by atoms with E-state index in [4.69, 9.17) is 0 Å². The molecule has 98 valence electrons. The highest BCUT2D eigenvalue weighted by atomic mass is 16.3. The summed E-state index contributed by atoms with van der Waals surface area (Å²) in [5, 5.41) is 9.27. The van der Waals surface area contributed by atoms with E-state index in [1.54, 1.807) is 0 Å². The summed E-state index contributed by atoms with van der Waals surface area (Å²) in [6.45, 7) is 4.90. The van der Waals surface area contributed by atoms with Crippen molar-refractivity contribution in [2.24, 2.45) is 5.92 Å². The molecule has 0 aliphatic carbocycles. The molecule has 0 aromatic rings. The van der Waals surface area contributed by atoms with Crippen LogP contribution in [0.15, 0.2) is 0 Å². The molecule has 0 amide bonds. The molecule has 0 bridgehead atoms. The van der Waals surface area contributed by atoms with Crippen molar-refractivity contribution in [3.05, 3.63) is 0 Å². The molecule has 0 aliphatic heterocycles. The van der Waals surface area contributed by atoms with Gasteiger partial charge in [-0.25, -0.2) is 0 Å². The molecule has 0 saturated carbocycles. The van der Waals surface area contributed by atoms with Crippen molar-refractivity contribution in [2.45, 2.75) is 84.5 Å². The van der Waals surface area contributed by atoms with Crippen molar-refractivity contribution >= 4 is 0 Å². The minimum absolute atomic E-state index is 0.401. The third-order valence-electron chi connectivity index (χ3n) is 3.44. The maximum atomic E-state index is 9.27. The lowest BCUT2D eigenvalue weighted by atomic mass is 9.95. The molecule has 1 N–H and O–H groups in total. The third kappa shape index (κ3) is 10.5. The highest BCUT2D eigenvalue weighted by molar-refractivity contribution is 4.58. The summed E-state index contributed by atoms with van der Waals surface area (Å²) in [5.74, 6) is 0.581. The average Bonchev–Trinajstić information content (AvgIpc) is 2.31. The zero-order chi connectivity index (χ0) is 12.1. The minimum Gasteiger partial charge on any atom is -0.396 e. The Bertz CT molecular complexity index is 123. The topological polar surface area (TPSA) is 20.2 Å². The lowest BCUT2D eigenvalue weighted by Gasteiger charge is -2.13. The molecular formula is C15H32O. The van der Waals surface area contributed by atoms with E-state index < -0.39 is 0 Å². The van der Waals surface area contributed by atoms with E-state index in [0.29, 0.717) is 12.5 Å². The van der Waals surface area contributed by atoms with Crippen LogP contribution in [-0.2, 0) is 0 Å². The van der Waals surface area contributed by atoms with Gasteiger partial charge in [0.1, 0.15) is 0 Å². The number of hydrogen-bond acceptors (Lipinski definition) is 1. The van der Waals surface area contributed by atoms with Crippen LogP contribution in [0.2, 0.25) is 0 Å². The molecule has 0 spiro atoms. The summed E-state index contributed by atoms with van der Waals surface area (Å²) in [6.07, 6.45) is 14.6. The summed E-state index contributed by atoms with van der Waals surface area (Å²) < 4.78 is 0. The van der Waals surface area contributed by atoms with E-state index in [1.165, 1.54) is 70.6 Å². The number of hydrogen-bond donors (Lipinski definition) is 1. The predicted molar refractivity (Wildman–Crippen MR) is 72.7 cm³/mol. The fourth-order valence-corrected chi connectivity index (χ4v) is 2.22. The Morgan fingerprint density at radius 1 is 0.688 bits per heavy atom. The van der Waals surface area contributed by atoms with Gasteiger partial charge in [-0.2, -0.15) is 0 Å². The Morgan fingerprint density at radius 2 is 1.12 bits per heavy atom. The molecule has 1 nitrogen and oxygen atoms in total. The van der Waals surface area contributed by atoms with E-state index in [9.17, 15) is 5.11 Å². The van der Waals surface area contributed by atoms with Gasteiger partial charge in [0.2, 0.25) is 0 Å². The second-order valence-electron chi connectivity index (χ2n) is 5.10. The van der Waals surface area contributed by atoms with Crippen molar-refractivity contribution in [1.29, 1.82) is 0 Å². The molecular weight excluding hydrogens is 196 g/mol. The van der Waals surface area contributed by atoms with Crippen LogP contribution < -0.4 is 0 Å². The van der Waals surface area contributed by atoms with Crippen LogP contribution in [0, 0.1) is 5.92 Å². The first-order valence-corrected chi connectivity index (χ1v) is 7.46. The Hall–Kier alpha value is -0.0400. The maximum Gasteiger partial charge on any atom is 0.0459 e. The van der Waals surface area contributed by atoms with Gasteiger partial charge in [-0.05, 0) is 18.8 Å². The van der Waals surface area contributed by atoms with Crippen molar-refractivity contribution < 1.29 is 5.11 Å². The van der Waals surface area contributed by atoms with Crippen LogP contribution >= 0.6 is 0 Å². The molecule has 1 heteroatoms. The first-order valence-electron chi connectivity index (χ1n) is 7.46. The monoisotopic (exact) mass is 228 g/mol. The summed E-state index contributed by atoms with van der Waals surface area (Å²) >= 11 is 0. The molecule has 0 radical (unpaired) electrons. The highest BCUT2D eigenvalue weighted by Gasteiger charge is 2.06. The van der Waals surface area contributed by atoms with Gasteiger partial charge in [-0.15, -0.1) is 0 Å². The van der Waals surface area contributed by atoms with Gasteiger partial charge in [0.25, 0.3) is 0 Å². The first kappa shape index (κ1) is 16.0. The van der Waals surface area contributed by atoms with Crippen LogP contribution in [0.25, 0.3) is 0 Å². The largest absolute Gasteiger partial charge is 0.396 e. The summed E-state index contributed by atoms with van der Waals surface area (Å²) in [7, 11) is 0. The summed E-state index contributed by atoms with van der Waals surface area (Å²) in [5.41, 5.74) is 0. The quantitative estimate of drug-likeness (QED) is 0.470. The average molecular weight is 228 g/mol. The van der Waals surface area contributed by atoms with Crippen molar-refractivity contribution in [3.63, 3.8) is 0 Å². The van der Waals surface area contributed by atoms with E-state index in [1.807, 2.05) is 0 Å². The fourth-order valence-electron chi connectivity index (χ4n) is 2.22. The van der Waals surface area contributed by atoms with Crippen molar-refractivity contribution in [1.82, 2.24) is 0 Å². The van der Waals surface area contributed by atoms with Crippen LogP contribution in [0.5, 0.6) is 0 Å². The smallest absolute Gasteiger partial charge is 0.0459 e. The molecule has 16 heavy (non-hydrogen) atoms. The molecule has 0 aromatic heterocycles. The molecule has 1 unspecified atom stereocenters. The molecule has 0 aromatic carbocycles. The Morgan fingerprint density at radius 3 is 1.69 bits per heavy atom. The normalized spacial score (nSPS) is 12.9. The van der Waals surface area contributed by atoms with E-state index in [0.717, 1.165) is 0 Å². The number of aliphatic hydroxyl groups excluding tert-OH is 1. The molecule has 1 atom stereocenters. The molecule has 0 fully saturated rings. The molecule has 0 saturated heterocycles. The van der Waals surface area contributed by atoms with E-state index in [-0.39, 0.29) is 0 Å². The summed E-state index contributed by atoms with van der Waals surface area (Å²) in [4.78, 5) is 0. The van der Waals surface area contributed by atoms with Gasteiger partial charge in [0.05, 0.1) is 0 Å². The molecule has 0 rings (SSSR count). The highest BCUT2D eigenvalue weighted by Crippen LogP contribution is 2.17. The SMILES string of the molecule is CCCCCCCCC(CO)CCCCC. The lowest BCUT2D eigenvalue weighted by molar-refractivity contribution is 0.204. The van der Waals surface area contributed by atoms with Crippen LogP contribution in [-0.4, -0.2) is 11.7 Å². The lowest BCUT2D eigenvalue weighted by Crippen LogP contribution is -2.05. The fraction of sp³-hybridized carbons (Fsp3) is 1.00. The third-order valence-corrected chi connectivity index (χ3v) is 3.44. The second kappa shape index (κ2) is 13.0. The van der Waals surface area contributed by atoms with Gasteiger partial charge in [-0.3, -0.25) is 0 Å². The van der Waals surface area contributed by atoms with Crippen LogP contribution in [0.3, 0.4) is 0 Å². The predicted octanol–water partition coefficient (Wildman–Crippen LogP) is 4.93. The Kier molecular flexibility index (Phi) is 13.0. The number of unbranched alkanes of at least 4 members (excludes halogenated alkanes) is 7. The van der Waals surface area contributed by atoms with Crippen molar-refractivity contribution in [2.75, 3.05) is 6.61 Å². The van der Waals surface area contributed by atoms with Gasteiger partial charge in [0.15, 0.2) is 0 Å². The van der Waals surface area contributed by atoms with Gasteiger partial charge in [0, 0.05) is 6.61 Å². The van der Waals surface area contributed by atoms with E-state index in [2.05, 4.69) is 13.8 Å². The number of rotatable bonds is 12. The van der Waals surface area contributed by atoms with Gasteiger partial charge < -0.3 is 5.11 Å². The van der Waals surface area contributed by atoms with Crippen molar-refractivity contribution in [3.8, 4) is 0 Å². The molecule has 0 heterocycles. The zero-order valence-corrected chi connectivity index (χ0v) is 11.5. The molecule has 0 aliphatic rings. The first-order chi connectivity index (χ1) is 7.85. The minimum atomic E-state index is 0.401. The van der Waals surface area contributed by atoms with Crippen LogP contribution in [0.1, 0.15) is 84.5 Å². The van der Waals surface area contributed by atoms with E-state index >= 15 is 0 Å². The number of aliphatic hydroxyl groups is 1. The second-order valence-corrected chi connectivity index (χ2v) is 5.10. The van der Waals surface area contributed by atoms with Gasteiger partial charge in [-0.1, -0.05) is 71.6 Å². The van der Waals surface area contributed by atoms with Gasteiger partial charge >= 0.3 is 0 Å².